The molecule has 0 aliphatic carbocycles. The molecular formula is C26H22BrNO4. The first-order chi connectivity index (χ1) is 15.5. The molecule has 0 saturated heterocycles. The van der Waals surface area contributed by atoms with E-state index < -0.39 is 0 Å². The topological polar surface area (TPSA) is 60.7 Å². The van der Waals surface area contributed by atoms with Crippen LogP contribution in [0.2, 0.25) is 0 Å². The molecule has 3 aromatic carbocycles. The number of rotatable bonds is 6. The molecule has 1 aromatic heterocycles. The van der Waals surface area contributed by atoms with Gasteiger partial charge in [-0.1, -0.05) is 28.1 Å². The lowest BCUT2D eigenvalue weighted by molar-refractivity contribution is -0.111. The summed E-state index contributed by atoms with van der Waals surface area (Å²) in [5.41, 5.74) is 4.94. The van der Waals surface area contributed by atoms with E-state index in [0.717, 1.165) is 43.6 Å². The normalized spacial score (nSPS) is 11.4. The Labute approximate surface area is 194 Å². The standard InChI is InChI=1S/C26H22BrNO4/c1-16(11-26(29)28-19-9-7-18(27)8-10-19)21-13-22-23(15-32-25(22)14-24(21)31-3)17-5-4-6-20(12-17)30-2/h4-15H,1-3H3,(H,28,29)/b16-11+. The summed E-state index contributed by atoms with van der Waals surface area (Å²) in [5.74, 6) is 1.19. The molecule has 1 amide bonds. The van der Waals surface area contributed by atoms with Crippen LogP contribution >= 0.6 is 15.9 Å². The Morgan fingerprint density at radius 1 is 1.03 bits per heavy atom. The number of carbonyl (C=O) groups excluding carboxylic acids is 1. The number of hydrogen-bond donors (Lipinski definition) is 1. The third-order valence-corrected chi connectivity index (χ3v) is 5.69. The van der Waals surface area contributed by atoms with Crippen LogP contribution < -0.4 is 14.8 Å². The predicted octanol–water partition coefficient (Wildman–Crippen LogP) is 6.92. The second-order valence-electron chi connectivity index (χ2n) is 7.25. The first-order valence-electron chi connectivity index (χ1n) is 9.97. The molecule has 0 atom stereocenters. The zero-order chi connectivity index (χ0) is 22.7. The van der Waals surface area contributed by atoms with Crippen molar-refractivity contribution >= 4 is 44.1 Å². The number of carbonyl (C=O) groups is 1. The fraction of sp³-hybridized carbons (Fsp3) is 0.115. The number of ether oxygens (including phenoxy) is 2. The van der Waals surface area contributed by atoms with Crippen LogP contribution in [0.5, 0.6) is 11.5 Å². The zero-order valence-corrected chi connectivity index (χ0v) is 19.5. The molecule has 1 N–H and O–H groups in total. The number of anilines is 1. The molecule has 0 fully saturated rings. The lowest BCUT2D eigenvalue weighted by atomic mass is 9.99. The molecule has 32 heavy (non-hydrogen) atoms. The molecule has 0 aliphatic heterocycles. The monoisotopic (exact) mass is 491 g/mol. The minimum absolute atomic E-state index is 0.216. The fourth-order valence-electron chi connectivity index (χ4n) is 3.53. The summed E-state index contributed by atoms with van der Waals surface area (Å²) in [6.45, 7) is 1.89. The zero-order valence-electron chi connectivity index (χ0n) is 17.9. The SMILES string of the molecule is COc1cccc(-c2coc3cc(OC)c(/C(C)=C/C(=O)Nc4ccc(Br)cc4)cc23)c1. The first kappa shape index (κ1) is 21.7. The number of amides is 1. The van der Waals surface area contributed by atoms with E-state index in [0.29, 0.717) is 11.3 Å². The van der Waals surface area contributed by atoms with Crippen LogP contribution in [0.3, 0.4) is 0 Å². The molecule has 6 heteroatoms. The van der Waals surface area contributed by atoms with E-state index in [1.54, 1.807) is 26.6 Å². The lowest BCUT2D eigenvalue weighted by Gasteiger charge is -2.10. The molecular weight excluding hydrogens is 470 g/mol. The van der Waals surface area contributed by atoms with Gasteiger partial charge in [-0.2, -0.15) is 0 Å². The van der Waals surface area contributed by atoms with E-state index >= 15 is 0 Å². The number of halogens is 1. The molecule has 4 rings (SSSR count). The second-order valence-corrected chi connectivity index (χ2v) is 8.17. The van der Waals surface area contributed by atoms with Gasteiger partial charge in [0.1, 0.15) is 17.1 Å². The third-order valence-electron chi connectivity index (χ3n) is 5.16. The molecule has 162 valence electrons. The molecule has 0 bridgehead atoms. The number of hydrogen-bond acceptors (Lipinski definition) is 4. The Kier molecular flexibility index (Phi) is 6.32. The van der Waals surface area contributed by atoms with Gasteiger partial charge in [0.25, 0.3) is 0 Å². The Hall–Kier alpha value is -3.51. The van der Waals surface area contributed by atoms with Crippen molar-refractivity contribution in [1.29, 1.82) is 0 Å². The molecule has 1 heterocycles. The number of methoxy groups -OCH3 is 2. The van der Waals surface area contributed by atoms with Gasteiger partial charge in [0.2, 0.25) is 5.91 Å². The van der Waals surface area contributed by atoms with E-state index in [-0.39, 0.29) is 5.91 Å². The van der Waals surface area contributed by atoms with Crippen molar-refractivity contribution < 1.29 is 18.7 Å². The maximum Gasteiger partial charge on any atom is 0.248 e. The summed E-state index contributed by atoms with van der Waals surface area (Å²) in [6, 6.07) is 19.1. The van der Waals surface area contributed by atoms with E-state index in [1.165, 1.54) is 0 Å². The fourth-order valence-corrected chi connectivity index (χ4v) is 3.80. The van der Waals surface area contributed by atoms with Crippen molar-refractivity contribution in [2.24, 2.45) is 0 Å². The molecule has 0 spiro atoms. The van der Waals surface area contributed by atoms with Gasteiger partial charge in [0.05, 0.1) is 20.5 Å². The van der Waals surface area contributed by atoms with Gasteiger partial charge < -0.3 is 19.2 Å². The van der Waals surface area contributed by atoms with Crippen LogP contribution in [0.4, 0.5) is 5.69 Å². The molecule has 0 aliphatic rings. The van der Waals surface area contributed by atoms with Gasteiger partial charge in [-0.15, -0.1) is 0 Å². The van der Waals surface area contributed by atoms with Crippen LogP contribution in [-0.4, -0.2) is 20.1 Å². The van der Waals surface area contributed by atoms with Gasteiger partial charge >= 0.3 is 0 Å². The quantitative estimate of drug-likeness (QED) is 0.297. The molecule has 0 radical (unpaired) electrons. The molecule has 0 unspecified atom stereocenters. The minimum Gasteiger partial charge on any atom is -0.497 e. The van der Waals surface area contributed by atoms with Crippen LogP contribution in [0.1, 0.15) is 12.5 Å². The predicted molar refractivity (Wildman–Crippen MR) is 131 cm³/mol. The van der Waals surface area contributed by atoms with Crippen LogP contribution in [0.15, 0.2) is 81.9 Å². The van der Waals surface area contributed by atoms with Crippen LogP contribution in [0, 0.1) is 0 Å². The highest BCUT2D eigenvalue weighted by atomic mass is 79.9. The molecule has 5 nitrogen and oxygen atoms in total. The van der Waals surface area contributed by atoms with E-state index in [1.807, 2.05) is 67.6 Å². The van der Waals surface area contributed by atoms with Gasteiger partial charge in [0.15, 0.2) is 0 Å². The number of allylic oxidation sites excluding steroid dienone is 1. The average Bonchev–Trinajstić information content (AvgIpc) is 3.22. The largest absolute Gasteiger partial charge is 0.497 e. The van der Waals surface area contributed by atoms with Gasteiger partial charge in [0, 0.05) is 38.8 Å². The summed E-state index contributed by atoms with van der Waals surface area (Å²) >= 11 is 3.39. The molecule has 4 aromatic rings. The average molecular weight is 492 g/mol. The Balaban J connectivity index is 1.71. The first-order valence-corrected chi connectivity index (χ1v) is 10.8. The van der Waals surface area contributed by atoms with E-state index in [2.05, 4.69) is 21.2 Å². The smallest absolute Gasteiger partial charge is 0.248 e. The maximum absolute atomic E-state index is 12.6. The van der Waals surface area contributed by atoms with Crippen molar-refractivity contribution in [2.75, 3.05) is 19.5 Å². The number of benzene rings is 3. The lowest BCUT2D eigenvalue weighted by Crippen LogP contribution is -2.08. The number of fused-ring (bicyclic) bond motifs is 1. The third kappa shape index (κ3) is 4.55. The minimum atomic E-state index is -0.216. The number of nitrogens with one attached hydrogen (secondary N) is 1. The summed E-state index contributed by atoms with van der Waals surface area (Å²) in [5, 5.41) is 3.81. The highest BCUT2D eigenvalue weighted by Crippen LogP contribution is 2.38. The summed E-state index contributed by atoms with van der Waals surface area (Å²) in [6.07, 6.45) is 3.29. The van der Waals surface area contributed by atoms with Gasteiger partial charge in [-0.05, 0) is 60.5 Å². The van der Waals surface area contributed by atoms with Gasteiger partial charge in [-0.3, -0.25) is 4.79 Å². The number of furan rings is 1. The van der Waals surface area contributed by atoms with E-state index in [9.17, 15) is 4.79 Å². The van der Waals surface area contributed by atoms with Crippen LogP contribution in [0.25, 0.3) is 27.7 Å². The van der Waals surface area contributed by atoms with Gasteiger partial charge in [-0.25, -0.2) is 0 Å². The van der Waals surface area contributed by atoms with Crippen LogP contribution in [-0.2, 0) is 4.79 Å². The molecule has 0 saturated carbocycles. The highest BCUT2D eigenvalue weighted by molar-refractivity contribution is 9.10. The Morgan fingerprint density at radius 3 is 2.53 bits per heavy atom. The summed E-state index contributed by atoms with van der Waals surface area (Å²) in [7, 11) is 3.24. The Morgan fingerprint density at radius 2 is 1.81 bits per heavy atom. The second kappa shape index (κ2) is 9.32. The van der Waals surface area contributed by atoms with E-state index in [4.69, 9.17) is 13.9 Å². The van der Waals surface area contributed by atoms with Crippen molar-refractivity contribution in [3.63, 3.8) is 0 Å². The van der Waals surface area contributed by atoms with Crippen molar-refractivity contribution in [3.8, 4) is 22.6 Å². The van der Waals surface area contributed by atoms with Crippen molar-refractivity contribution in [1.82, 2.24) is 0 Å². The maximum atomic E-state index is 12.6. The summed E-state index contributed by atoms with van der Waals surface area (Å²) < 4.78 is 17.7. The Bertz CT molecular complexity index is 1310. The van der Waals surface area contributed by atoms with Crippen molar-refractivity contribution in [3.05, 3.63) is 83.0 Å². The van der Waals surface area contributed by atoms with Crippen molar-refractivity contribution in [2.45, 2.75) is 6.92 Å². The summed E-state index contributed by atoms with van der Waals surface area (Å²) in [4.78, 5) is 12.6. The highest BCUT2D eigenvalue weighted by Gasteiger charge is 2.15.